The lowest BCUT2D eigenvalue weighted by atomic mass is 10.0. The summed E-state index contributed by atoms with van der Waals surface area (Å²) in [5, 5.41) is 3.48. The molecule has 4 rings (SSSR count). The maximum absolute atomic E-state index is 14.6. The number of aryl methyl sites for hydroxylation is 2. The summed E-state index contributed by atoms with van der Waals surface area (Å²) in [6.07, 6.45) is 0.931. The number of hydrogen-bond donors (Lipinski definition) is 1. The molecule has 0 bridgehead atoms. The second-order valence-electron chi connectivity index (χ2n) is 11.5. The number of anilines is 1. The molecule has 4 aromatic carbocycles. The number of ether oxygens (including phenoxy) is 2. The van der Waals surface area contributed by atoms with E-state index in [1.54, 1.807) is 36.4 Å². The number of carbonyl (C=O) groups is 2. The molecule has 0 heterocycles. The van der Waals surface area contributed by atoms with E-state index in [-0.39, 0.29) is 29.5 Å². The molecule has 0 aliphatic heterocycles. The van der Waals surface area contributed by atoms with Crippen LogP contribution in [-0.2, 0) is 32.6 Å². The Kier molecular flexibility index (Phi) is 12.5. The van der Waals surface area contributed by atoms with Crippen LogP contribution >= 0.6 is 11.6 Å². The predicted octanol–water partition coefficient (Wildman–Crippen LogP) is 6.34. The Morgan fingerprint density at radius 2 is 1.48 bits per heavy atom. The van der Waals surface area contributed by atoms with Crippen molar-refractivity contribution < 1.29 is 27.5 Å². The molecule has 1 N–H and O–H groups in total. The first kappa shape index (κ1) is 36.3. The number of carbonyl (C=O) groups excluding carboxylic acids is 2. The van der Waals surface area contributed by atoms with Crippen molar-refractivity contribution in [1.29, 1.82) is 0 Å². The summed E-state index contributed by atoms with van der Waals surface area (Å²) in [5.41, 5.74) is 3.55. The molecule has 0 aromatic heterocycles. The van der Waals surface area contributed by atoms with E-state index in [0.29, 0.717) is 29.4 Å². The van der Waals surface area contributed by atoms with Crippen molar-refractivity contribution in [2.75, 3.05) is 31.6 Å². The second-order valence-corrected chi connectivity index (χ2v) is 13.8. The number of benzene rings is 4. The fourth-order valence-corrected chi connectivity index (χ4v) is 6.97. The van der Waals surface area contributed by atoms with Gasteiger partial charge >= 0.3 is 0 Å². The zero-order valence-electron chi connectivity index (χ0n) is 27.9. The van der Waals surface area contributed by atoms with E-state index < -0.39 is 28.5 Å². The smallest absolute Gasteiger partial charge is 0.264 e. The molecule has 1 atom stereocenters. The Hall–Kier alpha value is -4.54. The number of nitrogens with zero attached hydrogens (tertiary/aromatic N) is 2. The van der Waals surface area contributed by atoms with Crippen LogP contribution in [0.5, 0.6) is 11.5 Å². The fourth-order valence-electron chi connectivity index (χ4n) is 5.43. The molecule has 0 saturated heterocycles. The first-order chi connectivity index (χ1) is 23.0. The van der Waals surface area contributed by atoms with Crippen LogP contribution in [0.2, 0.25) is 5.02 Å². The van der Waals surface area contributed by atoms with Gasteiger partial charge in [0.1, 0.15) is 12.6 Å². The molecule has 9 nitrogen and oxygen atoms in total. The molecule has 48 heavy (non-hydrogen) atoms. The molecule has 0 saturated carbocycles. The second kappa shape index (κ2) is 16.5. The normalized spacial score (nSPS) is 11.8. The molecule has 4 aromatic rings. The number of methoxy groups -OCH3 is 2. The lowest BCUT2D eigenvalue weighted by Gasteiger charge is -2.34. The van der Waals surface area contributed by atoms with Crippen molar-refractivity contribution >= 4 is 39.1 Å². The van der Waals surface area contributed by atoms with E-state index in [1.807, 2.05) is 57.2 Å². The van der Waals surface area contributed by atoms with E-state index in [9.17, 15) is 18.0 Å². The number of rotatable bonds is 15. The van der Waals surface area contributed by atoms with Gasteiger partial charge in [0.25, 0.3) is 10.0 Å². The summed E-state index contributed by atoms with van der Waals surface area (Å²) < 4.78 is 40.8. The van der Waals surface area contributed by atoms with Gasteiger partial charge in [-0.05, 0) is 78.9 Å². The van der Waals surface area contributed by atoms with Gasteiger partial charge in [0.2, 0.25) is 11.8 Å². The third-order valence-electron chi connectivity index (χ3n) is 7.80. The van der Waals surface area contributed by atoms with Crippen LogP contribution in [0.3, 0.4) is 0 Å². The highest BCUT2D eigenvalue weighted by Crippen LogP contribution is 2.33. The Labute approximate surface area is 288 Å². The number of hydrogen-bond acceptors (Lipinski definition) is 6. The van der Waals surface area contributed by atoms with E-state index in [1.165, 1.54) is 37.3 Å². The number of amides is 2. The SMILES string of the molecule is CCCNC(=O)[C@H](Cc1ccccc1)N(Cc1ccc(Cl)cc1)C(=O)CN(c1cc(C)cc(C)c1)S(=O)(=O)c1ccc(OC)c(OC)c1. The van der Waals surface area contributed by atoms with Crippen LogP contribution in [0.15, 0.2) is 95.9 Å². The Morgan fingerprint density at radius 1 is 0.833 bits per heavy atom. The molecule has 0 spiro atoms. The summed E-state index contributed by atoms with van der Waals surface area (Å²) in [6.45, 7) is 5.57. The largest absolute Gasteiger partial charge is 0.493 e. The molecule has 0 aliphatic rings. The fraction of sp³-hybridized carbons (Fsp3) is 0.297. The lowest BCUT2D eigenvalue weighted by Crippen LogP contribution is -2.53. The van der Waals surface area contributed by atoms with Gasteiger partial charge in [-0.1, -0.05) is 67.1 Å². The van der Waals surface area contributed by atoms with Crippen molar-refractivity contribution in [2.24, 2.45) is 0 Å². The van der Waals surface area contributed by atoms with Crippen LogP contribution in [0.25, 0.3) is 0 Å². The summed E-state index contributed by atoms with van der Waals surface area (Å²) in [6, 6.07) is 25.1. The van der Waals surface area contributed by atoms with Crippen LogP contribution in [0, 0.1) is 13.8 Å². The van der Waals surface area contributed by atoms with Crippen LogP contribution < -0.4 is 19.1 Å². The van der Waals surface area contributed by atoms with Gasteiger partial charge in [-0.15, -0.1) is 0 Å². The molecular formula is C37H42ClN3O6S. The maximum Gasteiger partial charge on any atom is 0.264 e. The van der Waals surface area contributed by atoms with Gasteiger partial charge in [0.05, 0.1) is 24.8 Å². The van der Waals surface area contributed by atoms with E-state index in [2.05, 4.69) is 5.32 Å². The van der Waals surface area contributed by atoms with Crippen LogP contribution in [0.1, 0.15) is 35.6 Å². The zero-order valence-corrected chi connectivity index (χ0v) is 29.5. The van der Waals surface area contributed by atoms with E-state index in [0.717, 1.165) is 26.6 Å². The third kappa shape index (κ3) is 9.08. The number of halogens is 1. The van der Waals surface area contributed by atoms with Crippen LogP contribution in [0.4, 0.5) is 5.69 Å². The molecule has 254 valence electrons. The molecule has 0 aliphatic carbocycles. The first-order valence-electron chi connectivity index (χ1n) is 15.7. The van der Waals surface area contributed by atoms with Crippen molar-refractivity contribution in [2.45, 2.75) is 51.1 Å². The molecular weight excluding hydrogens is 650 g/mol. The third-order valence-corrected chi connectivity index (χ3v) is 9.82. The quantitative estimate of drug-likeness (QED) is 0.156. The molecule has 2 amide bonds. The number of nitrogens with one attached hydrogen (secondary N) is 1. The van der Waals surface area contributed by atoms with Crippen molar-refractivity contribution in [3.8, 4) is 11.5 Å². The van der Waals surface area contributed by atoms with E-state index >= 15 is 0 Å². The minimum Gasteiger partial charge on any atom is -0.493 e. The van der Waals surface area contributed by atoms with Crippen LogP contribution in [-0.4, -0.2) is 58.5 Å². The predicted molar refractivity (Wildman–Crippen MR) is 189 cm³/mol. The highest BCUT2D eigenvalue weighted by molar-refractivity contribution is 7.92. The highest BCUT2D eigenvalue weighted by atomic mass is 35.5. The molecule has 0 radical (unpaired) electrons. The van der Waals surface area contributed by atoms with Crippen molar-refractivity contribution in [1.82, 2.24) is 10.2 Å². The topological polar surface area (TPSA) is 105 Å². The Morgan fingerprint density at radius 3 is 2.08 bits per heavy atom. The lowest BCUT2D eigenvalue weighted by molar-refractivity contribution is -0.140. The van der Waals surface area contributed by atoms with Gasteiger partial charge in [-0.3, -0.25) is 13.9 Å². The Balaban J connectivity index is 1.84. The van der Waals surface area contributed by atoms with Gasteiger partial charge < -0.3 is 19.7 Å². The summed E-state index contributed by atoms with van der Waals surface area (Å²) in [7, 11) is -1.46. The van der Waals surface area contributed by atoms with Gasteiger partial charge in [0, 0.05) is 30.6 Å². The highest BCUT2D eigenvalue weighted by Gasteiger charge is 2.35. The average Bonchev–Trinajstić information content (AvgIpc) is 3.07. The molecule has 0 fully saturated rings. The molecule has 0 unspecified atom stereocenters. The zero-order chi connectivity index (χ0) is 34.8. The minimum atomic E-state index is -4.34. The minimum absolute atomic E-state index is 0.0458. The van der Waals surface area contributed by atoms with Crippen molar-refractivity contribution in [3.63, 3.8) is 0 Å². The Bertz CT molecular complexity index is 1800. The summed E-state index contributed by atoms with van der Waals surface area (Å²) >= 11 is 6.16. The van der Waals surface area contributed by atoms with Crippen molar-refractivity contribution in [3.05, 3.63) is 118 Å². The maximum atomic E-state index is 14.6. The van der Waals surface area contributed by atoms with Gasteiger partial charge in [-0.25, -0.2) is 8.42 Å². The number of sulfonamides is 1. The van der Waals surface area contributed by atoms with Gasteiger partial charge in [0.15, 0.2) is 11.5 Å². The summed E-state index contributed by atoms with van der Waals surface area (Å²) in [5.74, 6) is -0.295. The first-order valence-corrected chi connectivity index (χ1v) is 17.5. The monoisotopic (exact) mass is 691 g/mol. The van der Waals surface area contributed by atoms with E-state index in [4.69, 9.17) is 21.1 Å². The summed E-state index contributed by atoms with van der Waals surface area (Å²) in [4.78, 5) is 29.8. The average molecular weight is 692 g/mol. The molecule has 11 heteroatoms. The standard InChI is InChI=1S/C37H42ClN3O6S/c1-6-18-39-37(43)33(22-28-10-8-7-9-11-28)40(24-29-12-14-30(38)15-13-29)36(42)25-41(31-20-26(2)19-27(3)21-31)48(44,45)32-16-17-34(46-4)35(23-32)47-5/h7-17,19-21,23,33H,6,18,22,24-25H2,1-5H3,(H,39,43)/t33-/m0/s1. The van der Waals surface area contributed by atoms with Gasteiger partial charge in [-0.2, -0.15) is 0 Å².